The second-order valence-corrected chi connectivity index (χ2v) is 6.46. The van der Waals surface area contributed by atoms with Gasteiger partial charge in [-0.25, -0.2) is 0 Å². The van der Waals surface area contributed by atoms with Crippen molar-refractivity contribution in [1.82, 2.24) is 10.2 Å². The largest absolute Gasteiger partial charge is 0.508 e. The highest BCUT2D eigenvalue weighted by atomic mass is 16.3. The highest BCUT2D eigenvalue weighted by molar-refractivity contribution is 5.38. The number of phenols is 1. The number of hydrogen-bond donors (Lipinski definition) is 2. The molecule has 20 heavy (non-hydrogen) atoms. The van der Waals surface area contributed by atoms with Gasteiger partial charge in [-0.05, 0) is 52.1 Å². The van der Waals surface area contributed by atoms with Crippen LogP contribution in [0.5, 0.6) is 5.75 Å². The first-order valence-electron chi connectivity index (χ1n) is 7.94. The zero-order valence-electron chi connectivity index (χ0n) is 12.6. The Bertz CT molecular complexity index is 464. The van der Waals surface area contributed by atoms with Crippen molar-refractivity contribution in [1.29, 1.82) is 0 Å². The van der Waals surface area contributed by atoms with E-state index in [-0.39, 0.29) is 0 Å². The van der Waals surface area contributed by atoms with Gasteiger partial charge < -0.3 is 10.4 Å². The van der Waals surface area contributed by atoms with Gasteiger partial charge in [-0.1, -0.05) is 17.7 Å². The molecule has 3 rings (SSSR count). The zero-order chi connectivity index (χ0) is 14.1. The van der Waals surface area contributed by atoms with Crippen molar-refractivity contribution in [2.24, 2.45) is 0 Å². The summed E-state index contributed by atoms with van der Waals surface area (Å²) in [6.45, 7) is 6.60. The molecule has 1 heterocycles. The van der Waals surface area contributed by atoms with Crippen molar-refractivity contribution in [2.45, 2.75) is 57.7 Å². The third kappa shape index (κ3) is 2.99. The summed E-state index contributed by atoms with van der Waals surface area (Å²) in [6.07, 6.45) is 5.20. The molecule has 0 aromatic heterocycles. The molecule has 3 heteroatoms. The highest BCUT2D eigenvalue weighted by Crippen LogP contribution is 2.37. The van der Waals surface area contributed by atoms with Crippen molar-refractivity contribution in [3.63, 3.8) is 0 Å². The second-order valence-electron chi connectivity index (χ2n) is 6.46. The molecule has 0 radical (unpaired) electrons. The number of hydrogen-bond acceptors (Lipinski definition) is 3. The molecule has 0 amide bonds. The smallest absolute Gasteiger partial charge is 0.120 e. The normalized spacial score (nSPS) is 24.2. The van der Waals surface area contributed by atoms with Crippen LogP contribution in [0.2, 0.25) is 0 Å². The lowest BCUT2D eigenvalue weighted by molar-refractivity contribution is 0.179. The Morgan fingerprint density at radius 2 is 2.15 bits per heavy atom. The van der Waals surface area contributed by atoms with Crippen LogP contribution in [-0.4, -0.2) is 35.2 Å². The van der Waals surface area contributed by atoms with E-state index in [0.717, 1.165) is 18.7 Å². The van der Waals surface area contributed by atoms with Crippen LogP contribution in [0.15, 0.2) is 18.2 Å². The topological polar surface area (TPSA) is 35.5 Å². The number of aromatic hydroxyl groups is 1. The number of rotatable bonds is 5. The summed E-state index contributed by atoms with van der Waals surface area (Å²) in [5.41, 5.74) is 2.30. The third-order valence-electron chi connectivity index (χ3n) is 4.74. The molecule has 0 spiro atoms. The van der Waals surface area contributed by atoms with E-state index in [4.69, 9.17) is 0 Å². The Morgan fingerprint density at radius 3 is 2.80 bits per heavy atom. The molecule has 2 fully saturated rings. The van der Waals surface area contributed by atoms with Gasteiger partial charge in [0.1, 0.15) is 5.75 Å². The Morgan fingerprint density at radius 1 is 1.35 bits per heavy atom. The van der Waals surface area contributed by atoms with Crippen LogP contribution in [-0.2, 0) is 0 Å². The lowest BCUT2D eigenvalue weighted by Crippen LogP contribution is -2.40. The van der Waals surface area contributed by atoms with Crippen LogP contribution < -0.4 is 5.32 Å². The van der Waals surface area contributed by atoms with Crippen LogP contribution in [0, 0.1) is 6.92 Å². The van der Waals surface area contributed by atoms with Crippen molar-refractivity contribution >= 4 is 0 Å². The minimum Gasteiger partial charge on any atom is -0.508 e. The molecule has 1 aromatic carbocycles. The fourth-order valence-electron chi connectivity index (χ4n) is 3.38. The minimum absolute atomic E-state index is 0.296. The van der Waals surface area contributed by atoms with E-state index < -0.39 is 0 Å². The van der Waals surface area contributed by atoms with Crippen LogP contribution in [0.25, 0.3) is 0 Å². The number of nitrogens with one attached hydrogen (secondary N) is 1. The monoisotopic (exact) mass is 274 g/mol. The Balaban J connectivity index is 1.77. The molecule has 0 bridgehead atoms. The van der Waals surface area contributed by atoms with Crippen molar-refractivity contribution in [3.05, 3.63) is 29.3 Å². The molecule has 110 valence electrons. The van der Waals surface area contributed by atoms with E-state index in [2.05, 4.69) is 30.1 Å². The van der Waals surface area contributed by atoms with Crippen molar-refractivity contribution in [3.8, 4) is 5.75 Å². The van der Waals surface area contributed by atoms with Crippen LogP contribution >= 0.6 is 0 Å². The summed E-state index contributed by atoms with van der Waals surface area (Å²) >= 11 is 0. The molecule has 2 atom stereocenters. The fourth-order valence-corrected chi connectivity index (χ4v) is 3.38. The average Bonchev–Trinajstić information content (AvgIpc) is 3.15. The zero-order valence-corrected chi connectivity index (χ0v) is 12.6. The molecule has 1 saturated carbocycles. The molecule has 3 nitrogen and oxygen atoms in total. The van der Waals surface area contributed by atoms with Gasteiger partial charge in [-0.15, -0.1) is 0 Å². The summed E-state index contributed by atoms with van der Waals surface area (Å²) in [7, 11) is 0. The average molecular weight is 274 g/mol. The number of phenolic OH excluding ortho intramolecular Hbond substituents is 1. The SMILES string of the molecule is Cc1ccc(O)c(C(C)N(CC2CCCN2)C2CC2)c1. The van der Waals surface area contributed by atoms with Gasteiger partial charge in [0.2, 0.25) is 0 Å². The quantitative estimate of drug-likeness (QED) is 0.866. The first-order chi connectivity index (χ1) is 9.65. The molecule has 1 aliphatic heterocycles. The second kappa shape index (κ2) is 5.74. The summed E-state index contributed by atoms with van der Waals surface area (Å²) in [6, 6.07) is 7.59. The van der Waals surface area contributed by atoms with Gasteiger partial charge in [-0.2, -0.15) is 0 Å². The predicted molar refractivity (Wildman–Crippen MR) is 82.0 cm³/mol. The summed E-state index contributed by atoms with van der Waals surface area (Å²) in [5, 5.41) is 13.8. The standard InChI is InChI=1S/C17H26N2O/c1-12-5-8-17(20)16(10-12)13(2)19(15-6-7-15)11-14-4-3-9-18-14/h5,8,10,13-15,18,20H,3-4,6-7,9,11H2,1-2H3. The molecule has 1 aliphatic carbocycles. The highest BCUT2D eigenvalue weighted by Gasteiger charge is 2.35. The lowest BCUT2D eigenvalue weighted by atomic mass is 10.0. The van der Waals surface area contributed by atoms with E-state index >= 15 is 0 Å². The summed E-state index contributed by atoms with van der Waals surface area (Å²) in [4.78, 5) is 2.59. The fraction of sp³-hybridized carbons (Fsp3) is 0.647. The Hall–Kier alpha value is -1.06. The van der Waals surface area contributed by atoms with Gasteiger partial charge in [0, 0.05) is 30.2 Å². The van der Waals surface area contributed by atoms with Gasteiger partial charge in [0.05, 0.1) is 0 Å². The molecular weight excluding hydrogens is 248 g/mol. The molecular formula is C17H26N2O. The maximum atomic E-state index is 10.2. The van der Waals surface area contributed by atoms with Crippen LogP contribution in [0.1, 0.15) is 49.8 Å². The van der Waals surface area contributed by atoms with E-state index in [9.17, 15) is 5.11 Å². The predicted octanol–water partition coefficient (Wildman–Crippen LogP) is 2.98. The maximum Gasteiger partial charge on any atom is 0.120 e. The van der Waals surface area contributed by atoms with E-state index in [0.29, 0.717) is 23.9 Å². The third-order valence-corrected chi connectivity index (χ3v) is 4.74. The number of nitrogens with zero attached hydrogens (tertiary/aromatic N) is 1. The summed E-state index contributed by atoms with van der Waals surface area (Å²) < 4.78 is 0. The van der Waals surface area contributed by atoms with Gasteiger partial charge in [0.15, 0.2) is 0 Å². The first kappa shape index (κ1) is 13.9. The van der Waals surface area contributed by atoms with Crippen molar-refractivity contribution in [2.75, 3.05) is 13.1 Å². The first-order valence-corrected chi connectivity index (χ1v) is 7.94. The van der Waals surface area contributed by atoms with Gasteiger partial charge in [-0.3, -0.25) is 4.90 Å². The minimum atomic E-state index is 0.296. The van der Waals surface area contributed by atoms with E-state index in [1.165, 1.54) is 31.2 Å². The Kier molecular flexibility index (Phi) is 3.99. The Labute approximate surface area is 122 Å². The number of benzene rings is 1. The summed E-state index contributed by atoms with van der Waals surface area (Å²) in [5.74, 6) is 0.438. The number of aryl methyl sites for hydroxylation is 1. The molecule has 1 saturated heterocycles. The van der Waals surface area contributed by atoms with Crippen molar-refractivity contribution < 1.29 is 5.11 Å². The van der Waals surface area contributed by atoms with Gasteiger partial charge >= 0.3 is 0 Å². The molecule has 2 N–H and O–H groups in total. The molecule has 2 unspecified atom stereocenters. The van der Waals surface area contributed by atoms with E-state index in [1.807, 2.05) is 12.1 Å². The molecule has 1 aromatic rings. The van der Waals surface area contributed by atoms with E-state index in [1.54, 1.807) is 0 Å². The maximum absolute atomic E-state index is 10.2. The van der Waals surface area contributed by atoms with Crippen LogP contribution in [0.3, 0.4) is 0 Å². The lowest BCUT2D eigenvalue weighted by Gasteiger charge is -2.32. The molecule has 2 aliphatic rings. The van der Waals surface area contributed by atoms with Gasteiger partial charge in [0.25, 0.3) is 0 Å². The van der Waals surface area contributed by atoms with Crippen LogP contribution in [0.4, 0.5) is 0 Å².